The molecule has 5 nitrogen and oxygen atoms in total. The lowest BCUT2D eigenvalue weighted by atomic mass is 10.3. The van der Waals surface area contributed by atoms with Crippen LogP contribution in [0.5, 0.6) is 0 Å². The molecule has 9 heteroatoms. The van der Waals surface area contributed by atoms with Gasteiger partial charge in [0.25, 0.3) is 0 Å². The minimum Gasteiger partial charge on any atom is -0.229 e. The van der Waals surface area contributed by atoms with Crippen LogP contribution in [0.3, 0.4) is 0 Å². The number of hydrogen-bond acceptors (Lipinski definition) is 4. The lowest BCUT2D eigenvalue weighted by Crippen LogP contribution is -2.32. The molecule has 0 saturated heterocycles. The van der Waals surface area contributed by atoms with Crippen LogP contribution in [0.4, 0.5) is 4.39 Å². The van der Waals surface area contributed by atoms with Gasteiger partial charge in [0.2, 0.25) is 10.0 Å². The van der Waals surface area contributed by atoms with E-state index in [9.17, 15) is 21.2 Å². The van der Waals surface area contributed by atoms with Gasteiger partial charge in [-0.05, 0) is 18.2 Å². The zero-order chi connectivity index (χ0) is 14.8. The van der Waals surface area contributed by atoms with Crippen molar-refractivity contribution in [3.8, 4) is 0 Å². The van der Waals surface area contributed by atoms with Crippen molar-refractivity contribution in [2.24, 2.45) is 0 Å². The maximum Gasteiger partial charge on any atom is 0.245 e. The number of benzene rings is 1. The summed E-state index contributed by atoms with van der Waals surface area (Å²) in [5.74, 6) is -1.21. The highest BCUT2D eigenvalue weighted by Crippen LogP contribution is 2.21. The van der Waals surface area contributed by atoms with Crippen LogP contribution >= 0.6 is 15.9 Å². The molecule has 1 rings (SSSR count). The number of nitrogens with zero attached hydrogens (tertiary/aromatic N) is 1. The van der Waals surface area contributed by atoms with Gasteiger partial charge in [0.05, 0.1) is 5.75 Å². The van der Waals surface area contributed by atoms with Crippen molar-refractivity contribution in [1.82, 2.24) is 4.31 Å². The van der Waals surface area contributed by atoms with Gasteiger partial charge in [-0.25, -0.2) is 21.2 Å². The van der Waals surface area contributed by atoms with Crippen molar-refractivity contribution in [3.05, 3.63) is 28.5 Å². The lowest BCUT2D eigenvalue weighted by molar-refractivity contribution is 0.476. The monoisotopic (exact) mass is 373 g/mol. The molecule has 0 fully saturated rings. The Bertz CT molecular complexity index is 673. The first-order valence-corrected chi connectivity index (χ1v) is 9.42. The Morgan fingerprint density at radius 3 is 2.32 bits per heavy atom. The van der Waals surface area contributed by atoms with Crippen molar-refractivity contribution >= 4 is 35.8 Å². The largest absolute Gasteiger partial charge is 0.245 e. The van der Waals surface area contributed by atoms with Crippen molar-refractivity contribution in [1.29, 1.82) is 0 Å². The fourth-order valence-electron chi connectivity index (χ4n) is 1.27. The van der Waals surface area contributed by atoms with Crippen LogP contribution in [0.1, 0.15) is 0 Å². The average molecular weight is 374 g/mol. The standard InChI is InChI=1S/C10H13BrFNO4S2/c1-13(5-6-18(2,14)15)19(16,17)10-4-3-8(11)7-9(10)12/h3-4,7H,5-6H2,1-2H3. The van der Waals surface area contributed by atoms with Crippen LogP contribution in [0.15, 0.2) is 27.6 Å². The Morgan fingerprint density at radius 1 is 1.26 bits per heavy atom. The van der Waals surface area contributed by atoms with Crippen LogP contribution in [-0.4, -0.2) is 46.7 Å². The summed E-state index contributed by atoms with van der Waals surface area (Å²) in [6.45, 7) is -0.226. The summed E-state index contributed by atoms with van der Waals surface area (Å²) in [7, 11) is -6.11. The molecule has 0 unspecified atom stereocenters. The van der Waals surface area contributed by atoms with Crippen molar-refractivity contribution in [2.45, 2.75) is 4.90 Å². The molecule has 0 radical (unpaired) electrons. The first-order valence-electron chi connectivity index (χ1n) is 5.13. The van der Waals surface area contributed by atoms with Crippen molar-refractivity contribution in [2.75, 3.05) is 25.6 Å². The Balaban J connectivity index is 3.03. The Kier molecular flexibility index (Phi) is 5.10. The van der Waals surface area contributed by atoms with E-state index in [0.717, 1.165) is 22.7 Å². The van der Waals surface area contributed by atoms with Gasteiger partial charge in [-0.3, -0.25) is 0 Å². The van der Waals surface area contributed by atoms with Gasteiger partial charge < -0.3 is 0 Å². The molecule has 0 aliphatic rings. The number of sulfone groups is 1. The Morgan fingerprint density at radius 2 is 1.84 bits per heavy atom. The predicted molar refractivity (Wildman–Crippen MR) is 73.6 cm³/mol. The molecule has 108 valence electrons. The number of hydrogen-bond donors (Lipinski definition) is 0. The minimum atomic E-state index is -4.04. The van der Waals surface area contributed by atoms with Gasteiger partial charge in [0.1, 0.15) is 20.5 Å². The number of halogens is 2. The summed E-state index contributed by atoms with van der Waals surface area (Å²) in [6, 6.07) is 3.57. The zero-order valence-electron chi connectivity index (χ0n) is 10.3. The van der Waals surface area contributed by atoms with Crippen LogP contribution in [-0.2, 0) is 19.9 Å². The molecular weight excluding hydrogens is 361 g/mol. The third-order valence-corrected chi connectivity index (χ3v) is 5.67. The van der Waals surface area contributed by atoms with E-state index in [-0.39, 0.29) is 12.3 Å². The average Bonchev–Trinajstić information content (AvgIpc) is 2.24. The summed E-state index contributed by atoms with van der Waals surface area (Å²) in [4.78, 5) is -0.480. The second kappa shape index (κ2) is 5.86. The van der Waals surface area contributed by atoms with Gasteiger partial charge in [0, 0.05) is 24.3 Å². The van der Waals surface area contributed by atoms with Crippen LogP contribution in [0, 0.1) is 5.82 Å². The van der Waals surface area contributed by atoms with E-state index in [0.29, 0.717) is 4.47 Å². The first-order chi connectivity index (χ1) is 8.54. The lowest BCUT2D eigenvalue weighted by Gasteiger charge is -2.17. The second-order valence-electron chi connectivity index (χ2n) is 4.03. The maximum absolute atomic E-state index is 13.6. The van der Waals surface area contributed by atoms with Gasteiger partial charge in [-0.1, -0.05) is 15.9 Å². The quantitative estimate of drug-likeness (QED) is 0.778. The minimum absolute atomic E-state index is 0.226. The fourth-order valence-corrected chi connectivity index (χ4v) is 3.53. The van der Waals surface area contributed by atoms with Gasteiger partial charge >= 0.3 is 0 Å². The number of sulfonamides is 1. The highest BCUT2D eigenvalue weighted by Gasteiger charge is 2.25. The molecule has 0 spiro atoms. The van der Waals surface area contributed by atoms with E-state index in [1.807, 2.05) is 0 Å². The topological polar surface area (TPSA) is 71.5 Å². The van der Waals surface area contributed by atoms with E-state index in [2.05, 4.69) is 15.9 Å². The summed E-state index contributed by atoms with van der Waals surface area (Å²) in [6.07, 6.45) is 1.01. The van der Waals surface area contributed by atoms with Crippen LogP contribution in [0.2, 0.25) is 0 Å². The maximum atomic E-state index is 13.6. The Labute approximate surface area is 120 Å². The summed E-state index contributed by atoms with van der Waals surface area (Å²) in [5, 5.41) is 0. The van der Waals surface area contributed by atoms with Gasteiger partial charge in [-0.2, -0.15) is 4.31 Å². The predicted octanol–water partition coefficient (Wildman–Crippen LogP) is 1.25. The number of rotatable bonds is 5. The molecule has 0 aromatic heterocycles. The fraction of sp³-hybridized carbons (Fsp3) is 0.400. The summed E-state index contributed by atoms with van der Waals surface area (Å²) >= 11 is 3.03. The molecule has 19 heavy (non-hydrogen) atoms. The first kappa shape index (κ1) is 16.5. The van der Waals surface area contributed by atoms with E-state index in [1.165, 1.54) is 13.1 Å². The van der Waals surface area contributed by atoms with Crippen LogP contribution in [0.25, 0.3) is 0 Å². The van der Waals surface area contributed by atoms with Crippen molar-refractivity contribution in [3.63, 3.8) is 0 Å². The molecule has 1 aromatic carbocycles. The molecule has 0 aliphatic heterocycles. The van der Waals surface area contributed by atoms with Gasteiger partial charge in [-0.15, -0.1) is 0 Å². The van der Waals surface area contributed by atoms with Crippen molar-refractivity contribution < 1.29 is 21.2 Å². The molecule has 1 aromatic rings. The molecule has 0 N–H and O–H groups in total. The second-order valence-corrected chi connectivity index (χ2v) is 9.22. The third kappa shape index (κ3) is 4.51. The molecule has 0 saturated carbocycles. The SMILES string of the molecule is CN(CCS(C)(=O)=O)S(=O)(=O)c1ccc(Br)cc1F. The third-order valence-electron chi connectivity index (χ3n) is 2.36. The van der Waals surface area contributed by atoms with E-state index < -0.39 is 30.6 Å². The van der Waals surface area contributed by atoms with E-state index in [4.69, 9.17) is 0 Å². The summed E-state index contributed by atoms with van der Waals surface area (Å²) < 4.78 is 61.0. The summed E-state index contributed by atoms with van der Waals surface area (Å²) in [5.41, 5.74) is 0. The van der Waals surface area contributed by atoms with E-state index >= 15 is 0 Å². The highest BCUT2D eigenvalue weighted by atomic mass is 79.9. The van der Waals surface area contributed by atoms with Gasteiger partial charge in [0.15, 0.2) is 0 Å². The normalized spacial score (nSPS) is 12.9. The molecule has 0 bridgehead atoms. The molecule has 0 amide bonds. The Hall–Kier alpha value is -0.510. The van der Waals surface area contributed by atoms with E-state index in [1.54, 1.807) is 0 Å². The van der Waals surface area contributed by atoms with Crippen LogP contribution < -0.4 is 0 Å². The zero-order valence-corrected chi connectivity index (χ0v) is 13.5. The molecule has 0 aliphatic carbocycles. The highest BCUT2D eigenvalue weighted by molar-refractivity contribution is 9.10. The smallest absolute Gasteiger partial charge is 0.229 e. The molecule has 0 atom stereocenters. The molecule has 0 heterocycles. The molecular formula is C10H13BrFNO4S2.